The van der Waals surface area contributed by atoms with Gasteiger partial charge in [0.1, 0.15) is 16.5 Å². The molecule has 29 heavy (non-hydrogen) atoms. The molecular weight excluding hydrogens is 416 g/mol. The Morgan fingerprint density at radius 1 is 1.03 bits per heavy atom. The van der Waals surface area contributed by atoms with Crippen LogP contribution in [0.3, 0.4) is 0 Å². The lowest BCUT2D eigenvalue weighted by Gasteiger charge is -2.10. The lowest BCUT2D eigenvalue weighted by molar-refractivity contribution is 0.0960. The first-order chi connectivity index (χ1) is 13.9. The zero-order chi connectivity index (χ0) is 21.0. The summed E-state index contributed by atoms with van der Waals surface area (Å²) in [4.78, 5) is 11.9. The molecule has 0 unspecified atom stereocenters. The lowest BCUT2D eigenvalue weighted by Crippen LogP contribution is -2.20. The Kier molecular flexibility index (Phi) is 5.99. The van der Waals surface area contributed by atoms with Crippen LogP contribution in [0.1, 0.15) is 10.4 Å². The van der Waals surface area contributed by atoms with Gasteiger partial charge in [0, 0.05) is 12.6 Å². The van der Waals surface area contributed by atoms with Crippen LogP contribution in [0, 0.1) is 0 Å². The molecule has 2 aromatic carbocycles. The Labute approximate surface area is 171 Å². The molecule has 11 heteroatoms. The van der Waals surface area contributed by atoms with Crippen LogP contribution in [-0.2, 0) is 10.0 Å². The first kappa shape index (κ1) is 20.6. The molecule has 152 valence electrons. The summed E-state index contributed by atoms with van der Waals surface area (Å²) in [5.41, 5.74) is 0.883. The summed E-state index contributed by atoms with van der Waals surface area (Å²) in [6.45, 7) is 0. The monoisotopic (exact) mass is 434 g/mol. The summed E-state index contributed by atoms with van der Waals surface area (Å²) in [6, 6.07) is 11.2. The van der Waals surface area contributed by atoms with Crippen molar-refractivity contribution in [3.63, 3.8) is 0 Å². The van der Waals surface area contributed by atoms with Crippen molar-refractivity contribution in [2.45, 2.75) is 4.90 Å². The molecular formula is C18H18N4O5S2. The molecule has 1 heterocycles. The van der Waals surface area contributed by atoms with Gasteiger partial charge in [0.05, 0.1) is 24.7 Å². The molecule has 3 rings (SSSR count). The lowest BCUT2D eigenvalue weighted by atomic mass is 10.2. The van der Waals surface area contributed by atoms with E-state index in [1.165, 1.54) is 32.4 Å². The SMILES string of the molecule is CNC(=O)c1cc(S(=O)(=O)Nc2nnc(-c3ccc(OC)cc3)s2)ccc1OC. The number of anilines is 1. The topological polar surface area (TPSA) is 120 Å². The number of carbonyl (C=O) groups is 1. The molecule has 0 bridgehead atoms. The number of hydrogen-bond donors (Lipinski definition) is 2. The van der Waals surface area contributed by atoms with E-state index < -0.39 is 15.9 Å². The third-order valence-corrected chi connectivity index (χ3v) is 6.29. The van der Waals surface area contributed by atoms with Crippen molar-refractivity contribution < 1.29 is 22.7 Å². The highest BCUT2D eigenvalue weighted by Crippen LogP contribution is 2.30. The van der Waals surface area contributed by atoms with Crippen LogP contribution < -0.4 is 19.5 Å². The van der Waals surface area contributed by atoms with Crippen molar-refractivity contribution in [3.8, 4) is 22.1 Å². The second-order valence-corrected chi connectivity index (χ2v) is 8.35. The summed E-state index contributed by atoms with van der Waals surface area (Å²) in [6.07, 6.45) is 0. The van der Waals surface area contributed by atoms with Crippen molar-refractivity contribution in [1.29, 1.82) is 0 Å². The van der Waals surface area contributed by atoms with Gasteiger partial charge in [0.25, 0.3) is 15.9 Å². The fourth-order valence-electron chi connectivity index (χ4n) is 2.45. The molecule has 1 amide bonds. The van der Waals surface area contributed by atoms with Crippen molar-refractivity contribution >= 4 is 32.4 Å². The zero-order valence-corrected chi connectivity index (χ0v) is 17.4. The molecule has 0 saturated carbocycles. The molecule has 0 saturated heterocycles. The third kappa shape index (κ3) is 4.46. The Hall–Kier alpha value is -3.18. The summed E-state index contributed by atoms with van der Waals surface area (Å²) < 4.78 is 38.1. The van der Waals surface area contributed by atoms with Crippen LogP contribution in [0.4, 0.5) is 5.13 Å². The number of rotatable bonds is 7. The van der Waals surface area contributed by atoms with E-state index in [0.717, 1.165) is 16.9 Å². The minimum Gasteiger partial charge on any atom is -0.497 e. The number of benzene rings is 2. The molecule has 1 aromatic heterocycles. The van der Waals surface area contributed by atoms with E-state index in [4.69, 9.17) is 9.47 Å². The van der Waals surface area contributed by atoms with Crippen LogP contribution in [0.2, 0.25) is 0 Å². The highest BCUT2D eigenvalue weighted by atomic mass is 32.2. The number of amides is 1. The molecule has 0 aliphatic heterocycles. The molecule has 0 fully saturated rings. The summed E-state index contributed by atoms with van der Waals surface area (Å²) >= 11 is 1.09. The number of ether oxygens (including phenoxy) is 2. The quantitative estimate of drug-likeness (QED) is 0.586. The van der Waals surface area contributed by atoms with Gasteiger partial charge in [-0.1, -0.05) is 11.3 Å². The smallest absolute Gasteiger partial charge is 0.263 e. The highest BCUT2D eigenvalue weighted by molar-refractivity contribution is 7.93. The number of methoxy groups -OCH3 is 2. The minimum absolute atomic E-state index is 0.0990. The molecule has 9 nitrogen and oxygen atoms in total. The maximum atomic E-state index is 12.7. The van der Waals surface area contributed by atoms with E-state index in [9.17, 15) is 13.2 Å². The highest BCUT2D eigenvalue weighted by Gasteiger charge is 2.21. The van der Waals surface area contributed by atoms with E-state index in [1.807, 2.05) is 0 Å². The van der Waals surface area contributed by atoms with Gasteiger partial charge in [-0.15, -0.1) is 10.2 Å². The Bertz CT molecular complexity index is 1130. The summed E-state index contributed by atoms with van der Waals surface area (Å²) in [5, 5.41) is 11.0. The van der Waals surface area contributed by atoms with Gasteiger partial charge in [-0.3, -0.25) is 9.52 Å². The zero-order valence-electron chi connectivity index (χ0n) is 15.8. The first-order valence-electron chi connectivity index (χ1n) is 8.29. The van der Waals surface area contributed by atoms with Crippen molar-refractivity contribution in [1.82, 2.24) is 15.5 Å². The standard InChI is InChI=1S/C18H18N4O5S2/c1-19-16(23)14-10-13(8-9-15(14)27-3)29(24,25)22-18-21-20-17(28-18)11-4-6-12(26-2)7-5-11/h4-10H,1-3H3,(H,19,23)(H,21,22). The van der Waals surface area contributed by atoms with Crippen LogP contribution in [0.25, 0.3) is 10.6 Å². The maximum Gasteiger partial charge on any atom is 0.263 e. The van der Waals surface area contributed by atoms with Gasteiger partial charge in [-0.05, 0) is 42.5 Å². The van der Waals surface area contributed by atoms with Crippen molar-refractivity contribution in [3.05, 3.63) is 48.0 Å². The van der Waals surface area contributed by atoms with E-state index in [0.29, 0.717) is 10.8 Å². The van der Waals surface area contributed by atoms with Crippen molar-refractivity contribution in [2.75, 3.05) is 26.0 Å². The van der Waals surface area contributed by atoms with Gasteiger partial charge in [-0.2, -0.15) is 0 Å². The van der Waals surface area contributed by atoms with E-state index in [1.54, 1.807) is 31.4 Å². The van der Waals surface area contributed by atoms with Gasteiger partial charge >= 0.3 is 0 Å². The number of nitrogens with zero attached hydrogens (tertiary/aromatic N) is 2. The van der Waals surface area contributed by atoms with Gasteiger partial charge in [0.15, 0.2) is 0 Å². The molecule has 0 atom stereocenters. The van der Waals surface area contributed by atoms with Crippen molar-refractivity contribution in [2.24, 2.45) is 0 Å². The van der Waals surface area contributed by atoms with E-state index >= 15 is 0 Å². The molecule has 2 N–H and O–H groups in total. The second kappa shape index (κ2) is 8.45. The molecule has 0 aliphatic rings. The predicted molar refractivity (Wildman–Crippen MR) is 109 cm³/mol. The number of aromatic nitrogens is 2. The average molecular weight is 434 g/mol. The maximum absolute atomic E-state index is 12.7. The second-order valence-electron chi connectivity index (χ2n) is 5.69. The number of nitrogens with one attached hydrogen (secondary N) is 2. The first-order valence-corrected chi connectivity index (χ1v) is 10.6. The number of sulfonamides is 1. The summed E-state index contributed by atoms with van der Waals surface area (Å²) in [5.74, 6) is 0.503. The fraction of sp³-hybridized carbons (Fsp3) is 0.167. The van der Waals surface area contributed by atoms with Crippen LogP contribution in [-0.4, -0.2) is 45.8 Å². The minimum atomic E-state index is -3.98. The van der Waals surface area contributed by atoms with E-state index in [2.05, 4.69) is 20.2 Å². The predicted octanol–water partition coefficient (Wildman–Crippen LogP) is 2.38. The van der Waals surface area contributed by atoms with Gasteiger partial charge in [-0.25, -0.2) is 8.42 Å². The Morgan fingerprint density at radius 2 is 1.76 bits per heavy atom. The molecule has 0 radical (unpaired) electrons. The van der Waals surface area contributed by atoms with Crippen LogP contribution >= 0.6 is 11.3 Å². The van der Waals surface area contributed by atoms with Crippen LogP contribution in [0.15, 0.2) is 47.4 Å². The number of carbonyl (C=O) groups excluding carboxylic acids is 1. The Balaban J connectivity index is 1.86. The molecule has 3 aromatic rings. The number of hydrogen-bond acceptors (Lipinski definition) is 8. The Morgan fingerprint density at radius 3 is 2.38 bits per heavy atom. The fourth-order valence-corrected chi connectivity index (χ4v) is 4.46. The van der Waals surface area contributed by atoms with E-state index in [-0.39, 0.29) is 21.3 Å². The van der Waals surface area contributed by atoms with Gasteiger partial charge in [0.2, 0.25) is 5.13 Å². The summed E-state index contributed by atoms with van der Waals surface area (Å²) in [7, 11) is 0.438. The normalized spacial score (nSPS) is 11.0. The molecule has 0 aliphatic carbocycles. The third-order valence-electron chi connectivity index (χ3n) is 3.94. The molecule has 0 spiro atoms. The van der Waals surface area contributed by atoms with Gasteiger partial charge < -0.3 is 14.8 Å². The average Bonchev–Trinajstić information content (AvgIpc) is 3.20. The van der Waals surface area contributed by atoms with Crippen LogP contribution in [0.5, 0.6) is 11.5 Å². The largest absolute Gasteiger partial charge is 0.497 e.